The fraction of sp³-hybridized carbons (Fsp3) is 0.286. The topological polar surface area (TPSA) is 15.8 Å². The summed E-state index contributed by atoms with van der Waals surface area (Å²) in [5.74, 6) is 0.456. The molecule has 1 N–H and O–H groups in total. The van der Waals surface area contributed by atoms with Crippen LogP contribution in [0.1, 0.15) is 30.2 Å². The quantitative estimate of drug-likeness (QED) is 0.687. The van der Waals surface area contributed by atoms with Crippen LogP contribution < -0.4 is 0 Å². The number of aryl methyl sites for hydroxylation is 1. The van der Waals surface area contributed by atoms with Crippen molar-refractivity contribution in [3.63, 3.8) is 0 Å². The summed E-state index contributed by atoms with van der Waals surface area (Å²) in [6.07, 6.45) is 11.3. The molecule has 1 aromatic heterocycles. The normalized spacial score (nSPS) is 12.9. The number of rotatable bonds is 5. The summed E-state index contributed by atoms with van der Waals surface area (Å²) in [6, 6.07) is 0. The van der Waals surface area contributed by atoms with E-state index in [0.29, 0.717) is 5.92 Å². The average Bonchev–Trinajstić information content (AvgIpc) is 2.61. The highest BCUT2D eigenvalue weighted by molar-refractivity contribution is 5.65. The molecule has 0 fully saturated rings. The van der Waals surface area contributed by atoms with E-state index in [-0.39, 0.29) is 0 Å². The third-order valence-electron chi connectivity index (χ3n) is 2.65. The Labute approximate surface area is 92.2 Å². The van der Waals surface area contributed by atoms with Gasteiger partial charge in [-0.15, -0.1) is 6.58 Å². The highest BCUT2D eigenvalue weighted by Crippen LogP contribution is 2.18. The zero-order valence-corrected chi connectivity index (χ0v) is 9.59. The first-order valence-corrected chi connectivity index (χ1v) is 5.34. The van der Waals surface area contributed by atoms with Crippen molar-refractivity contribution in [3.05, 3.63) is 48.3 Å². The first kappa shape index (κ1) is 11.6. The van der Waals surface area contributed by atoms with E-state index in [9.17, 15) is 0 Å². The molecule has 0 amide bonds. The predicted octanol–water partition coefficient (Wildman–Crippen LogP) is 4.19. The van der Waals surface area contributed by atoms with Crippen molar-refractivity contribution in [1.29, 1.82) is 0 Å². The van der Waals surface area contributed by atoms with Gasteiger partial charge in [0.05, 0.1) is 0 Å². The second-order valence-corrected chi connectivity index (χ2v) is 3.67. The van der Waals surface area contributed by atoms with Gasteiger partial charge in [-0.1, -0.05) is 31.7 Å². The molecule has 0 aliphatic carbocycles. The Balaban J connectivity index is 2.91. The van der Waals surface area contributed by atoms with Crippen LogP contribution in [0.4, 0.5) is 0 Å². The molecule has 0 aromatic carbocycles. The Hall–Kier alpha value is -1.50. The van der Waals surface area contributed by atoms with Crippen molar-refractivity contribution >= 4 is 12.2 Å². The summed E-state index contributed by atoms with van der Waals surface area (Å²) >= 11 is 0. The maximum Gasteiger partial charge on any atom is 0.0450 e. The Bertz CT molecular complexity index is 369. The molecule has 0 aliphatic rings. The molecular formula is C14H19N. The van der Waals surface area contributed by atoms with E-state index in [1.165, 1.54) is 11.1 Å². The minimum absolute atomic E-state index is 0.456. The molecule has 1 rings (SSSR count). The first-order chi connectivity index (χ1) is 7.22. The maximum absolute atomic E-state index is 3.82. The van der Waals surface area contributed by atoms with Crippen LogP contribution in [0.5, 0.6) is 0 Å². The Morgan fingerprint density at radius 3 is 2.73 bits per heavy atom. The van der Waals surface area contributed by atoms with E-state index < -0.39 is 0 Å². The van der Waals surface area contributed by atoms with Gasteiger partial charge in [0.1, 0.15) is 0 Å². The molecule has 1 aromatic rings. The molecular weight excluding hydrogens is 182 g/mol. The highest BCUT2D eigenvalue weighted by Gasteiger charge is 2.02. The van der Waals surface area contributed by atoms with Crippen molar-refractivity contribution < 1.29 is 0 Å². The zero-order chi connectivity index (χ0) is 11.3. The molecule has 0 radical (unpaired) electrons. The summed E-state index contributed by atoms with van der Waals surface area (Å²) in [5.41, 5.74) is 3.56. The van der Waals surface area contributed by atoms with E-state index >= 15 is 0 Å². The highest BCUT2D eigenvalue weighted by atomic mass is 14.7. The van der Waals surface area contributed by atoms with Gasteiger partial charge in [0.2, 0.25) is 0 Å². The second kappa shape index (κ2) is 5.40. The molecule has 1 atom stereocenters. The van der Waals surface area contributed by atoms with Gasteiger partial charge in [0, 0.05) is 17.5 Å². The Morgan fingerprint density at radius 1 is 1.47 bits per heavy atom. The van der Waals surface area contributed by atoms with Crippen LogP contribution in [-0.2, 0) is 0 Å². The van der Waals surface area contributed by atoms with Crippen LogP contribution in [-0.4, -0.2) is 4.98 Å². The molecule has 1 heterocycles. The Morgan fingerprint density at radius 2 is 2.20 bits per heavy atom. The minimum atomic E-state index is 0.456. The van der Waals surface area contributed by atoms with Gasteiger partial charge in [0.25, 0.3) is 0 Å². The number of hydrogen-bond donors (Lipinski definition) is 1. The number of allylic oxidation sites excluding steroid dienone is 2. The monoisotopic (exact) mass is 201 g/mol. The lowest BCUT2D eigenvalue weighted by molar-refractivity contribution is 0.779. The summed E-state index contributed by atoms with van der Waals surface area (Å²) in [5, 5.41) is 0. The molecule has 1 heteroatoms. The van der Waals surface area contributed by atoms with Crippen LogP contribution in [0.15, 0.2) is 31.5 Å². The largest absolute Gasteiger partial charge is 0.361 e. The molecule has 0 saturated heterocycles. The lowest BCUT2D eigenvalue weighted by atomic mass is 10.0. The first-order valence-electron chi connectivity index (χ1n) is 5.34. The van der Waals surface area contributed by atoms with Crippen LogP contribution >= 0.6 is 0 Å². The van der Waals surface area contributed by atoms with Gasteiger partial charge >= 0.3 is 0 Å². The molecule has 80 valence electrons. The molecule has 1 nitrogen and oxygen atoms in total. The summed E-state index contributed by atoms with van der Waals surface area (Å²) in [7, 11) is 0. The molecule has 0 aliphatic heterocycles. The lowest BCUT2D eigenvalue weighted by Gasteiger charge is -2.02. The number of aromatic amines is 1. The van der Waals surface area contributed by atoms with E-state index in [4.69, 9.17) is 0 Å². The predicted molar refractivity (Wildman–Crippen MR) is 68.6 cm³/mol. The van der Waals surface area contributed by atoms with Gasteiger partial charge in [-0.3, -0.25) is 0 Å². The van der Waals surface area contributed by atoms with Gasteiger partial charge < -0.3 is 4.98 Å². The molecule has 0 bridgehead atoms. The summed E-state index contributed by atoms with van der Waals surface area (Å²) in [4.78, 5) is 3.19. The second-order valence-electron chi connectivity index (χ2n) is 3.67. The van der Waals surface area contributed by atoms with E-state index in [1.54, 1.807) is 0 Å². The molecule has 0 saturated carbocycles. The van der Waals surface area contributed by atoms with Crippen LogP contribution in [0.3, 0.4) is 0 Å². The molecule has 15 heavy (non-hydrogen) atoms. The maximum atomic E-state index is 3.82. The molecule has 0 spiro atoms. The van der Waals surface area contributed by atoms with Gasteiger partial charge in [-0.2, -0.15) is 0 Å². The minimum Gasteiger partial charge on any atom is -0.361 e. The molecule has 1 unspecified atom stereocenters. The van der Waals surface area contributed by atoms with Crippen molar-refractivity contribution in [2.75, 3.05) is 0 Å². The van der Waals surface area contributed by atoms with Crippen molar-refractivity contribution in [2.24, 2.45) is 5.92 Å². The third kappa shape index (κ3) is 2.72. The summed E-state index contributed by atoms with van der Waals surface area (Å²) in [6.45, 7) is 11.9. The average molecular weight is 201 g/mol. The van der Waals surface area contributed by atoms with E-state index in [1.807, 2.05) is 18.3 Å². The Kier molecular flexibility index (Phi) is 4.17. The van der Waals surface area contributed by atoms with Gasteiger partial charge in [-0.25, -0.2) is 0 Å². The summed E-state index contributed by atoms with van der Waals surface area (Å²) < 4.78 is 0. The van der Waals surface area contributed by atoms with Crippen molar-refractivity contribution in [3.8, 4) is 0 Å². The third-order valence-corrected chi connectivity index (χ3v) is 2.65. The van der Waals surface area contributed by atoms with Crippen LogP contribution in [0.25, 0.3) is 12.2 Å². The smallest absolute Gasteiger partial charge is 0.0450 e. The van der Waals surface area contributed by atoms with Crippen molar-refractivity contribution in [1.82, 2.24) is 4.98 Å². The van der Waals surface area contributed by atoms with E-state index in [2.05, 4.69) is 44.1 Å². The standard InChI is InChI=1S/C14H19N/c1-5-12(6-2)8-9-13-11(4)10-15-14(13)7-3/h5,7-10,12,15H,1,3,6H2,2,4H3/b9-8-. The number of aromatic nitrogens is 1. The number of H-pyrrole nitrogens is 1. The van der Waals surface area contributed by atoms with E-state index in [0.717, 1.165) is 12.1 Å². The number of nitrogens with one attached hydrogen (secondary N) is 1. The van der Waals surface area contributed by atoms with Crippen LogP contribution in [0.2, 0.25) is 0 Å². The fourth-order valence-corrected chi connectivity index (χ4v) is 1.55. The SMILES string of the molecule is C=Cc1[nH]cc(C)c1/C=C\C(C=C)CC. The number of hydrogen-bond acceptors (Lipinski definition) is 0. The fourth-order valence-electron chi connectivity index (χ4n) is 1.55. The lowest BCUT2D eigenvalue weighted by Crippen LogP contribution is -1.87. The zero-order valence-electron chi connectivity index (χ0n) is 9.59. The van der Waals surface area contributed by atoms with Crippen LogP contribution in [0, 0.1) is 12.8 Å². The van der Waals surface area contributed by atoms with Gasteiger partial charge in [-0.05, 0) is 30.9 Å². The van der Waals surface area contributed by atoms with Gasteiger partial charge in [0.15, 0.2) is 0 Å². The van der Waals surface area contributed by atoms with Crippen molar-refractivity contribution in [2.45, 2.75) is 20.3 Å².